The molecule has 0 aliphatic carbocycles. The van der Waals surface area contributed by atoms with Crippen molar-refractivity contribution in [2.75, 3.05) is 59.5 Å². The van der Waals surface area contributed by atoms with Crippen LogP contribution >= 0.6 is 0 Å². The van der Waals surface area contributed by atoms with E-state index in [2.05, 4.69) is 33.4 Å². The number of hydrogen-bond acceptors (Lipinski definition) is 6. The second kappa shape index (κ2) is 13.5. The van der Waals surface area contributed by atoms with Gasteiger partial charge in [0, 0.05) is 58.9 Å². The lowest BCUT2D eigenvalue weighted by molar-refractivity contribution is 0.414. The van der Waals surface area contributed by atoms with E-state index in [1.54, 1.807) is 7.11 Å². The van der Waals surface area contributed by atoms with Crippen LogP contribution < -0.4 is 31.7 Å². The number of benzene rings is 1. The van der Waals surface area contributed by atoms with Crippen molar-refractivity contribution in [1.82, 2.24) is 21.3 Å². The second-order valence-electron chi connectivity index (χ2n) is 5.07. The number of nitrogens with two attached hydrogens (primary N) is 1. The van der Waals surface area contributed by atoms with Crippen LogP contribution in [0.25, 0.3) is 0 Å². The molecule has 0 spiro atoms. The Hall–Kier alpha value is -1.18. The molecule has 0 atom stereocenters. The highest BCUT2D eigenvalue weighted by Crippen LogP contribution is 2.11. The molecule has 6 heteroatoms. The Morgan fingerprint density at radius 2 is 1.45 bits per heavy atom. The van der Waals surface area contributed by atoms with Gasteiger partial charge in [0.05, 0.1) is 7.11 Å². The van der Waals surface area contributed by atoms with Crippen LogP contribution in [0.4, 0.5) is 0 Å². The van der Waals surface area contributed by atoms with Crippen LogP contribution in [0, 0.1) is 0 Å². The predicted octanol–water partition coefficient (Wildman–Crippen LogP) is -0.488. The van der Waals surface area contributed by atoms with E-state index < -0.39 is 0 Å². The Bertz CT molecular complexity index is 375. The van der Waals surface area contributed by atoms with Gasteiger partial charge < -0.3 is 31.7 Å². The number of methoxy groups -OCH3 is 1. The molecular formula is C16H31N5O. The maximum Gasteiger partial charge on any atom is 0.119 e. The summed E-state index contributed by atoms with van der Waals surface area (Å²) in [5.74, 6) is 0.907. The summed E-state index contributed by atoms with van der Waals surface area (Å²) in [6.07, 6.45) is 0. The Morgan fingerprint density at radius 1 is 0.864 bits per heavy atom. The molecule has 0 bridgehead atoms. The first-order valence-electron chi connectivity index (χ1n) is 8.02. The van der Waals surface area contributed by atoms with Gasteiger partial charge >= 0.3 is 0 Å². The van der Waals surface area contributed by atoms with Crippen molar-refractivity contribution in [3.8, 4) is 5.75 Å². The minimum atomic E-state index is 0.699. The summed E-state index contributed by atoms with van der Waals surface area (Å²) in [7, 11) is 1.69. The molecule has 0 aliphatic heterocycles. The summed E-state index contributed by atoms with van der Waals surface area (Å²) < 4.78 is 5.21. The van der Waals surface area contributed by atoms with Crippen LogP contribution in [0.1, 0.15) is 5.56 Å². The summed E-state index contributed by atoms with van der Waals surface area (Å²) in [5, 5.41) is 13.4. The topological polar surface area (TPSA) is 83.4 Å². The largest absolute Gasteiger partial charge is 0.497 e. The number of rotatable bonds is 14. The van der Waals surface area contributed by atoms with E-state index in [0.29, 0.717) is 6.54 Å². The van der Waals surface area contributed by atoms with E-state index in [9.17, 15) is 0 Å². The van der Waals surface area contributed by atoms with Crippen LogP contribution in [0.5, 0.6) is 5.75 Å². The quantitative estimate of drug-likeness (QED) is 0.298. The van der Waals surface area contributed by atoms with Crippen molar-refractivity contribution >= 4 is 0 Å². The summed E-state index contributed by atoms with van der Waals surface area (Å²) in [6.45, 7) is 8.30. The molecule has 0 radical (unpaired) electrons. The first-order valence-corrected chi connectivity index (χ1v) is 8.02. The Labute approximate surface area is 134 Å². The number of hydrogen-bond donors (Lipinski definition) is 5. The van der Waals surface area contributed by atoms with Crippen LogP contribution in [0.15, 0.2) is 24.3 Å². The zero-order valence-corrected chi connectivity index (χ0v) is 13.7. The normalized spacial score (nSPS) is 10.8. The standard InChI is InChI=1S/C16H31N5O/c1-22-16-4-2-3-15(13-16)14-21-12-11-20-10-9-19-8-7-18-6-5-17/h2-4,13,18-21H,5-12,14,17H2,1H3. The molecule has 0 aromatic heterocycles. The molecule has 22 heavy (non-hydrogen) atoms. The van der Waals surface area contributed by atoms with Crippen LogP contribution in [0.2, 0.25) is 0 Å². The molecule has 0 saturated heterocycles. The highest BCUT2D eigenvalue weighted by atomic mass is 16.5. The van der Waals surface area contributed by atoms with Crippen molar-refractivity contribution in [2.45, 2.75) is 6.54 Å². The van der Waals surface area contributed by atoms with Crippen LogP contribution in [0.3, 0.4) is 0 Å². The fourth-order valence-corrected chi connectivity index (χ4v) is 2.02. The zero-order valence-electron chi connectivity index (χ0n) is 13.7. The van der Waals surface area contributed by atoms with E-state index in [0.717, 1.165) is 58.1 Å². The van der Waals surface area contributed by atoms with Crippen LogP contribution in [-0.2, 0) is 6.54 Å². The first-order chi connectivity index (χ1) is 10.9. The lowest BCUT2D eigenvalue weighted by atomic mass is 10.2. The molecule has 126 valence electrons. The lowest BCUT2D eigenvalue weighted by Crippen LogP contribution is -2.35. The minimum Gasteiger partial charge on any atom is -0.497 e. The molecule has 1 rings (SSSR count). The molecule has 0 fully saturated rings. The molecule has 6 N–H and O–H groups in total. The Kier molecular flexibility index (Phi) is 11.6. The zero-order chi connectivity index (χ0) is 15.9. The highest BCUT2D eigenvalue weighted by Gasteiger charge is 1.95. The van der Waals surface area contributed by atoms with Crippen molar-refractivity contribution in [2.24, 2.45) is 5.73 Å². The lowest BCUT2D eigenvalue weighted by Gasteiger charge is -2.09. The molecule has 0 unspecified atom stereocenters. The third kappa shape index (κ3) is 9.70. The highest BCUT2D eigenvalue weighted by molar-refractivity contribution is 5.28. The summed E-state index contributed by atoms with van der Waals surface area (Å²) in [6, 6.07) is 8.14. The molecule has 0 aliphatic rings. The van der Waals surface area contributed by atoms with E-state index in [4.69, 9.17) is 10.5 Å². The van der Waals surface area contributed by atoms with Crippen molar-refractivity contribution < 1.29 is 4.74 Å². The van der Waals surface area contributed by atoms with Gasteiger partial charge in [-0.25, -0.2) is 0 Å². The average molecular weight is 309 g/mol. The summed E-state index contributed by atoms with van der Waals surface area (Å²) >= 11 is 0. The van der Waals surface area contributed by atoms with Gasteiger partial charge in [0.15, 0.2) is 0 Å². The molecule has 0 heterocycles. The fourth-order valence-electron chi connectivity index (χ4n) is 2.02. The molecule has 0 amide bonds. The van der Waals surface area contributed by atoms with Gasteiger partial charge in [-0.05, 0) is 17.7 Å². The van der Waals surface area contributed by atoms with Crippen molar-refractivity contribution in [1.29, 1.82) is 0 Å². The predicted molar refractivity (Wildman–Crippen MR) is 92.4 cm³/mol. The number of nitrogens with one attached hydrogen (secondary N) is 4. The monoisotopic (exact) mass is 309 g/mol. The van der Waals surface area contributed by atoms with E-state index >= 15 is 0 Å². The molecular weight excluding hydrogens is 278 g/mol. The third-order valence-electron chi connectivity index (χ3n) is 3.22. The second-order valence-corrected chi connectivity index (χ2v) is 5.07. The van der Waals surface area contributed by atoms with E-state index in [1.165, 1.54) is 5.56 Å². The van der Waals surface area contributed by atoms with Gasteiger partial charge in [0.1, 0.15) is 5.75 Å². The van der Waals surface area contributed by atoms with Gasteiger partial charge in [-0.2, -0.15) is 0 Å². The van der Waals surface area contributed by atoms with Gasteiger partial charge in [0.2, 0.25) is 0 Å². The molecule has 1 aromatic rings. The molecule has 1 aromatic carbocycles. The Morgan fingerprint density at radius 3 is 2.05 bits per heavy atom. The minimum absolute atomic E-state index is 0.699. The van der Waals surface area contributed by atoms with Gasteiger partial charge in [0.25, 0.3) is 0 Å². The van der Waals surface area contributed by atoms with Gasteiger partial charge in [-0.3, -0.25) is 0 Å². The molecule has 6 nitrogen and oxygen atoms in total. The summed E-state index contributed by atoms with van der Waals surface area (Å²) in [5.41, 5.74) is 6.64. The SMILES string of the molecule is COc1cccc(CNCCNCCNCCNCCN)c1. The fraction of sp³-hybridized carbons (Fsp3) is 0.625. The third-order valence-corrected chi connectivity index (χ3v) is 3.22. The number of ether oxygens (including phenoxy) is 1. The summed E-state index contributed by atoms with van der Waals surface area (Å²) in [4.78, 5) is 0. The van der Waals surface area contributed by atoms with Crippen molar-refractivity contribution in [3.63, 3.8) is 0 Å². The average Bonchev–Trinajstić information content (AvgIpc) is 2.56. The van der Waals surface area contributed by atoms with E-state index in [1.807, 2.05) is 12.1 Å². The van der Waals surface area contributed by atoms with Gasteiger partial charge in [-0.15, -0.1) is 0 Å². The molecule has 0 saturated carbocycles. The van der Waals surface area contributed by atoms with Crippen molar-refractivity contribution in [3.05, 3.63) is 29.8 Å². The first kappa shape index (κ1) is 18.9. The maximum atomic E-state index is 5.40. The van der Waals surface area contributed by atoms with Crippen LogP contribution in [-0.4, -0.2) is 59.5 Å². The maximum absolute atomic E-state index is 5.40. The smallest absolute Gasteiger partial charge is 0.119 e. The Balaban J connectivity index is 1.87. The van der Waals surface area contributed by atoms with E-state index in [-0.39, 0.29) is 0 Å². The van der Waals surface area contributed by atoms with Gasteiger partial charge in [-0.1, -0.05) is 12.1 Å².